The van der Waals surface area contributed by atoms with Gasteiger partial charge in [-0.3, -0.25) is 0 Å². The van der Waals surface area contributed by atoms with Crippen LogP contribution in [0.25, 0.3) is 16.9 Å². The third-order valence-electron chi connectivity index (χ3n) is 4.53. The van der Waals surface area contributed by atoms with Gasteiger partial charge in [0.1, 0.15) is 5.82 Å². The molecule has 2 heterocycles. The second kappa shape index (κ2) is 7.33. The zero-order valence-corrected chi connectivity index (χ0v) is 15.7. The van der Waals surface area contributed by atoms with E-state index in [2.05, 4.69) is 17.2 Å². The molecule has 2 aromatic heterocycles. The van der Waals surface area contributed by atoms with Crippen molar-refractivity contribution in [3.05, 3.63) is 71.4 Å². The van der Waals surface area contributed by atoms with Gasteiger partial charge in [0.05, 0.1) is 5.69 Å². The average molecular weight is 376 g/mol. The zero-order valence-electron chi connectivity index (χ0n) is 15.0. The topological polar surface area (TPSA) is 68.2 Å². The highest BCUT2D eigenvalue weighted by Gasteiger charge is 2.13. The van der Waals surface area contributed by atoms with E-state index in [1.54, 1.807) is 0 Å². The highest BCUT2D eigenvalue weighted by atomic mass is 35.5. The monoisotopic (exact) mass is 375 g/mol. The summed E-state index contributed by atoms with van der Waals surface area (Å²) in [5, 5.41) is 8.66. The number of nitrogens with one attached hydrogen (secondary N) is 1. The number of anilines is 2. The number of benzene rings is 2. The van der Waals surface area contributed by atoms with E-state index >= 15 is 0 Å². The van der Waals surface area contributed by atoms with Gasteiger partial charge in [-0.25, -0.2) is 4.98 Å². The lowest BCUT2D eigenvalue weighted by molar-refractivity contribution is 0.927. The van der Waals surface area contributed by atoms with Crippen LogP contribution in [0.3, 0.4) is 0 Å². The fraction of sp³-hybridized carbons (Fsp3) is 0.100. The van der Waals surface area contributed by atoms with Crippen LogP contribution in [0.2, 0.25) is 11.8 Å². The van der Waals surface area contributed by atoms with Crippen molar-refractivity contribution in [1.82, 2.24) is 14.6 Å². The summed E-state index contributed by atoms with van der Waals surface area (Å²) in [6, 6.07) is 17.5. The molecular formula is C20H19BClN5. The molecule has 7 heteroatoms. The van der Waals surface area contributed by atoms with Gasteiger partial charge in [0.25, 0.3) is 0 Å². The number of fused-ring (bicyclic) bond motifs is 1. The third-order valence-corrected chi connectivity index (χ3v) is 4.86. The fourth-order valence-corrected chi connectivity index (χ4v) is 3.25. The number of nitrogens with two attached hydrogens (primary N) is 1. The molecule has 0 bridgehead atoms. The third kappa shape index (κ3) is 3.48. The van der Waals surface area contributed by atoms with Gasteiger partial charge in [0, 0.05) is 35.1 Å². The fourth-order valence-electron chi connectivity index (χ4n) is 3.02. The van der Waals surface area contributed by atoms with Crippen molar-refractivity contribution < 1.29 is 0 Å². The largest absolute Gasteiger partial charge is 0.399 e. The Labute approximate surface area is 163 Å². The molecule has 4 aromatic rings. The molecule has 0 aliphatic carbocycles. The summed E-state index contributed by atoms with van der Waals surface area (Å²) in [4.78, 5) is 4.82. The number of nitrogen functional groups attached to an aromatic ring is 1. The molecule has 0 spiro atoms. The van der Waals surface area contributed by atoms with E-state index in [1.165, 1.54) is 0 Å². The standard InChI is InChI=1S/C20H19BClN5/c1-21-16-12-25-27-19(24-11-13-6-8-14(23)9-7-13)10-18(26-20(16)27)15-4-2-3-5-17(15)22/h2-10,12,21,24H,11,23H2,1H3. The van der Waals surface area contributed by atoms with E-state index in [0.29, 0.717) is 11.6 Å². The molecule has 0 fully saturated rings. The predicted molar refractivity (Wildman–Crippen MR) is 114 cm³/mol. The number of aromatic nitrogens is 3. The van der Waals surface area contributed by atoms with Gasteiger partial charge < -0.3 is 11.1 Å². The first-order valence-corrected chi connectivity index (χ1v) is 9.24. The normalized spacial score (nSPS) is 10.9. The van der Waals surface area contributed by atoms with Gasteiger partial charge in [0.2, 0.25) is 0 Å². The molecule has 0 unspecified atom stereocenters. The van der Waals surface area contributed by atoms with Crippen LogP contribution in [0, 0.1) is 0 Å². The molecule has 0 aliphatic heterocycles. The van der Waals surface area contributed by atoms with Crippen molar-refractivity contribution in [3.8, 4) is 11.3 Å². The summed E-state index contributed by atoms with van der Waals surface area (Å²) in [5.41, 5.74) is 11.3. The summed E-state index contributed by atoms with van der Waals surface area (Å²) >= 11 is 6.40. The lowest BCUT2D eigenvalue weighted by atomic mass is 9.75. The molecule has 3 N–H and O–H groups in total. The summed E-state index contributed by atoms with van der Waals surface area (Å²) in [6.07, 6.45) is 1.87. The molecule has 2 aromatic carbocycles. The van der Waals surface area contributed by atoms with Crippen molar-refractivity contribution >= 4 is 41.5 Å². The maximum Gasteiger partial charge on any atom is 0.161 e. The van der Waals surface area contributed by atoms with Crippen molar-refractivity contribution in [2.75, 3.05) is 11.1 Å². The smallest absolute Gasteiger partial charge is 0.161 e. The highest BCUT2D eigenvalue weighted by molar-refractivity contribution is 6.54. The van der Waals surface area contributed by atoms with Crippen LogP contribution in [0.4, 0.5) is 11.5 Å². The molecule has 5 nitrogen and oxygen atoms in total. The molecule has 4 rings (SSSR count). The predicted octanol–water partition coefficient (Wildman–Crippen LogP) is 3.35. The van der Waals surface area contributed by atoms with Crippen LogP contribution in [0.5, 0.6) is 0 Å². The second-order valence-corrected chi connectivity index (χ2v) is 6.77. The summed E-state index contributed by atoms with van der Waals surface area (Å²) in [7, 11) is 0.861. The maximum atomic E-state index is 6.40. The maximum absolute atomic E-state index is 6.40. The van der Waals surface area contributed by atoms with Gasteiger partial charge >= 0.3 is 0 Å². The minimum Gasteiger partial charge on any atom is -0.399 e. The Kier molecular flexibility index (Phi) is 4.73. The summed E-state index contributed by atoms with van der Waals surface area (Å²) in [5.74, 6) is 0.867. The lowest BCUT2D eigenvalue weighted by Gasteiger charge is -2.12. The number of nitrogens with zero attached hydrogens (tertiary/aromatic N) is 3. The lowest BCUT2D eigenvalue weighted by Crippen LogP contribution is -2.13. The summed E-state index contributed by atoms with van der Waals surface area (Å²) in [6.45, 7) is 2.75. The first-order valence-electron chi connectivity index (χ1n) is 8.86. The zero-order chi connectivity index (χ0) is 18.8. The van der Waals surface area contributed by atoms with Crippen molar-refractivity contribution in [2.24, 2.45) is 0 Å². The van der Waals surface area contributed by atoms with Crippen molar-refractivity contribution in [1.29, 1.82) is 0 Å². The van der Waals surface area contributed by atoms with Crippen LogP contribution in [0.1, 0.15) is 5.56 Å². The van der Waals surface area contributed by atoms with Gasteiger partial charge in [-0.15, -0.1) is 0 Å². The SMILES string of the molecule is CBc1cnn2c(NCc3ccc(N)cc3)cc(-c3ccccc3Cl)nc12. The van der Waals surface area contributed by atoms with E-state index in [-0.39, 0.29) is 0 Å². The van der Waals surface area contributed by atoms with E-state index in [9.17, 15) is 0 Å². The van der Waals surface area contributed by atoms with E-state index in [0.717, 1.165) is 46.7 Å². The van der Waals surface area contributed by atoms with Crippen LogP contribution >= 0.6 is 11.6 Å². The minimum atomic E-state index is 0.655. The van der Waals surface area contributed by atoms with Crippen LogP contribution in [0.15, 0.2) is 60.8 Å². The number of hydrogen-bond acceptors (Lipinski definition) is 4. The molecule has 0 saturated heterocycles. The van der Waals surface area contributed by atoms with E-state index in [4.69, 9.17) is 22.3 Å². The molecular weight excluding hydrogens is 357 g/mol. The number of hydrogen-bond donors (Lipinski definition) is 2. The Morgan fingerprint density at radius 2 is 1.93 bits per heavy atom. The van der Waals surface area contributed by atoms with Crippen LogP contribution in [-0.2, 0) is 6.54 Å². The minimum absolute atomic E-state index is 0.655. The quantitative estimate of drug-likeness (QED) is 0.414. The Morgan fingerprint density at radius 3 is 2.67 bits per heavy atom. The van der Waals surface area contributed by atoms with Gasteiger partial charge in [-0.1, -0.05) is 48.8 Å². The number of halogens is 1. The highest BCUT2D eigenvalue weighted by Crippen LogP contribution is 2.28. The van der Waals surface area contributed by atoms with Gasteiger partial charge in [-0.2, -0.15) is 9.61 Å². The van der Waals surface area contributed by atoms with Gasteiger partial charge in [0.15, 0.2) is 12.9 Å². The molecule has 0 amide bonds. The average Bonchev–Trinajstić information content (AvgIpc) is 3.11. The van der Waals surface area contributed by atoms with Crippen LogP contribution < -0.4 is 16.5 Å². The molecule has 0 saturated carbocycles. The molecule has 0 atom stereocenters. The van der Waals surface area contributed by atoms with Gasteiger partial charge in [-0.05, 0) is 29.2 Å². The molecule has 0 radical (unpaired) electrons. The first kappa shape index (κ1) is 17.4. The summed E-state index contributed by atoms with van der Waals surface area (Å²) < 4.78 is 1.84. The first-order chi connectivity index (χ1) is 13.2. The van der Waals surface area contributed by atoms with E-state index in [1.807, 2.05) is 65.3 Å². The number of rotatable bonds is 5. The molecule has 134 valence electrons. The second-order valence-electron chi connectivity index (χ2n) is 6.36. The Hall–Kier alpha value is -2.99. The Balaban J connectivity index is 1.77. The van der Waals surface area contributed by atoms with Crippen LogP contribution in [-0.4, -0.2) is 21.9 Å². The molecule has 27 heavy (non-hydrogen) atoms. The molecule has 0 aliphatic rings. The van der Waals surface area contributed by atoms with Crippen molar-refractivity contribution in [3.63, 3.8) is 0 Å². The Morgan fingerprint density at radius 1 is 1.15 bits per heavy atom. The van der Waals surface area contributed by atoms with Crippen molar-refractivity contribution in [2.45, 2.75) is 13.4 Å². The van der Waals surface area contributed by atoms with E-state index < -0.39 is 0 Å². The Bertz CT molecular complexity index is 1090.